The second kappa shape index (κ2) is 6.76. The van der Waals surface area contributed by atoms with Crippen LogP contribution in [0.2, 0.25) is 0 Å². The molecule has 0 aliphatic rings. The normalized spacial score (nSPS) is 10.8. The van der Waals surface area contributed by atoms with E-state index in [0.29, 0.717) is 5.16 Å². The minimum absolute atomic E-state index is 0.00531. The number of carbonyl (C=O) groups is 1. The zero-order valence-corrected chi connectivity index (χ0v) is 13.3. The van der Waals surface area contributed by atoms with Crippen LogP contribution in [0.5, 0.6) is 0 Å². The van der Waals surface area contributed by atoms with Crippen LogP contribution < -0.4 is 0 Å². The maximum absolute atomic E-state index is 10.7. The monoisotopic (exact) mass is 305 g/mol. The number of benzene rings is 1. The van der Waals surface area contributed by atoms with Gasteiger partial charge in [-0.25, -0.2) is 0 Å². The molecule has 21 heavy (non-hydrogen) atoms. The van der Waals surface area contributed by atoms with E-state index in [4.69, 9.17) is 5.11 Å². The molecular weight excluding hydrogens is 286 g/mol. The van der Waals surface area contributed by atoms with E-state index in [2.05, 4.69) is 35.3 Å². The summed E-state index contributed by atoms with van der Waals surface area (Å²) < 4.78 is 2.01. The third kappa shape index (κ3) is 3.64. The van der Waals surface area contributed by atoms with E-state index in [1.165, 1.54) is 17.3 Å². The van der Waals surface area contributed by atoms with Crippen LogP contribution in [0.15, 0.2) is 23.4 Å². The molecule has 1 heterocycles. The van der Waals surface area contributed by atoms with Crippen LogP contribution in [0.25, 0.3) is 11.4 Å². The van der Waals surface area contributed by atoms with Gasteiger partial charge in [-0.3, -0.25) is 4.79 Å². The van der Waals surface area contributed by atoms with Crippen molar-refractivity contribution in [2.24, 2.45) is 0 Å². The van der Waals surface area contributed by atoms with Gasteiger partial charge in [0.25, 0.3) is 0 Å². The van der Waals surface area contributed by atoms with Gasteiger partial charge in [-0.1, -0.05) is 36.4 Å². The molecule has 6 heteroatoms. The van der Waals surface area contributed by atoms with Gasteiger partial charge >= 0.3 is 5.97 Å². The lowest BCUT2D eigenvalue weighted by Gasteiger charge is -2.10. The largest absolute Gasteiger partial charge is 0.481 e. The highest BCUT2D eigenvalue weighted by Gasteiger charge is 2.16. The van der Waals surface area contributed by atoms with Crippen molar-refractivity contribution >= 4 is 17.7 Å². The van der Waals surface area contributed by atoms with Gasteiger partial charge in [-0.2, -0.15) is 0 Å². The predicted molar refractivity (Wildman–Crippen MR) is 83.6 cm³/mol. The molecule has 0 saturated carbocycles. The highest BCUT2D eigenvalue weighted by Crippen LogP contribution is 2.27. The van der Waals surface area contributed by atoms with E-state index in [9.17, 15) is 4.79 Å². The van der Waals surface area contributed by atoms with Gasteiger partial charge in [0.15, 0.2) is 11.0 Å². The molecule has 2 rings (SSSR count). The third-order valence-electron chi connectivity index (χ3n) is 3.12. The number of aryl methyl sites for hydroxylation is 2. The number of thioether (sulfide) groups is 1. The fourth-order valence-electron chi connectivity index (χ4n) is 2.12. The Bertz CT molecular complexity index is 652. The number of aromatic nitrogens is 3. The topological polar surface area (TPSA) is 68.0 Å². The van der Waals surface area contributed by atoms with E-state index in [0.717, 1.165) is 29.9 Å². The smallest absolute Gasteiger partial charge is 0.313 e. The Labute approximate surface area is 128 Å². The number of carboxylic acids is 1. The Morgan fingerprint density at radius 1 is 1.33 bits per heavy atom. The Morgan fingerprint density at radius 2 is 2.10 bits per heavy atom. The third-order valence-corrected chi connectivity index (χ3v) is 4.07. The molecule has 0 amide bonds. The molecule has 5 nitrogen and oxygen atoms in total. The van der Waals surface area contributed by atoms with Gasteiger partial charge in [0, 0.05) is 12.1 Å². The minimum Gasteiger partial charge on any atom is -0.481 e. The molecule has 0 aliphatic carbocycles. The van der Waals surface area contributed by atoms with E-state index >= 15 is 0 Å². The van der Waals surface area contributed by atoms with Crippen LogP contribution >= 0.6 is 11.8 Å². The van der Waals surface area contributed by atoms with Crippen LogP contribution in [0.3, 0.4) is 0 Å². The van der Waals surface area contributed by atoms with Crippen LogP contribution in [0.1, 0.15) is 24.5 Å². The molecule has 0 saturated heterocycles. The first kappa shape index (κ1) is 15.6. The van der Waals surface area contributed by atoms with E-state index < -0.39 is 5.97 Å². The van der Waals surface area contributed by atoms with Crippen molar-refractivity contribution in [3.8, 4) is 11.4 Å². The number of aliphatic carboxylic acids is 1. The van der Waals surface area contributed by atoms with Crippen molar-refractivity contribution in [3.05, 3.63) is 29.3 Å². The molecule has 1 aromatic heterocycles. The van der Waals surface area contributed by atoms with Gasteiger partial charge in [-0.05, 0) is 31.9 Å². The fraction of sp³-hybridized carbons (Fsp3) is 0.400. The predicted octanol–water partition coefficient (Wildman–Crippen LogP) is 3.15. The first-order valence-corrected chi connectivity index (χ1v) is 7.87. The van der Waals surface area contributed by atoms with E-state index in [1.807, 2.05) is 18.4 Å². The summed E-state index contributed by atoms with van der Waals surface area (Å²) in [5.74, 6) is -0.0421. The Morgan fingerprint density at radius 3 is 2.76 bits per heavy atom. The average Bonchev–Trinajstić information content (AvgIpc) is 2.82. The van der Waals surface area contributed by atoms with Crippen molar-refractivity contribution < 1.29 is 9.90 Å². The lowest BCUT2D eigenvalue weighted by atomic mass is 10.1. The molecule has 2 aromatic rings. The van der Waals surface area contributed by atoms with Gasteiger partial charge in [0.1, 0.15) is 0 Å². The summed E-state index contributed by atoms with van der Waals surface area (Å²) in [5.41, 5.74) is 3.36. The molecule has 1 N–H and O–H groups in total. The van der Waals surface area contributed by atoms with Gasteiger partial charge in [0.05, 0.1) is 5.75 Å². The molecule has 0 bridgehead atoms. The van der Waals surface area contributed by atoms with E-state index in [-0.39, 0.29) is 5.75 Å². The highest BCUT2D eigenvalue weighted by atomic mass is 32.2. The zero-order valence-electron chi connectivity index (χ0n) is 12.5. The summed E-state index contributed by atoms with van der Waals surface area (Å²) in [7, 11) is 0. The maximum atomic E-state index is 10.7. The summed E-state index contributed by atoms with van der Waals surface area (Å²) in [4.78, 5) is 10.7. The molecule has 0 fully saturated rings. The fourth-order valence-corrected chi connectivity index (χ4v) is 2.81. The molecule has 0 radical (unpaired) electrons. The average molecular weight is 305 g/mol. The zero-order chi connectivity index (χ0) is 15.4. The highest BCUT2D eigenvalue weighted by molar-refractivity contribution is 7.99. The second-order valence-electron chi connectivity index (χ2n) is 4.96. The molecule has 112 valence electrons. The number of nitrogens with zero attached hydrogens (tertiary/aromatic N) is 3. The number of rotatable bonds is 6. The molecule has 0 spiro atoms. The van der Waals surface area contributed by atoms with Crippen molar-refractivity contribution in [2.45, 2.75) is 38.9 Å². The number of hydrogen-bond donors (Lipinski definition) is 1. The molecule has 0 atom stereocenters. The SMILES string of the molecule is CCCn1c(SCC(=O)O)nnc1-c1cc(C)ccc1C. The Kier molecular flexibility index (Phi) is 5.01. The number of carboxylic acid groups (broad SMARTS) is 1. The van der Waals surface area contributed by atoms with E-state index in [1.54, 1.807) is 0 Å². The minimum atomic E-state index is -0.848. The molecule has 1 aromatic carbocycles. The standard InChI is InChI=1S/C15H19N3O2S/c1-4-7-18-14(12-8-10(2)5-6-11(12)3)16-17-15(18)21-9-13(19)20/h5-6,8H,4,7,9H2,1-3H3,(H,19,20). The van der Waals surface area contributed by atoms with Gasteiger partial charge < -0.3 is 9.67 Å². The summed E-state index contributed by atoms with van der Waals surface area (Å²) >= 11 is 1.21. The summed E-state index contributed by atoms with van der Waals surface area (Å²) in [6.07, 6.45) is 0.941. The molecule has 0 unspecified atom stereocenters. The van der Waals surface area contributed by atoms with Crippen molar-refractivity contribution in [1.82, 2.24) is 14.8 Å². The molecule has 0 aliphatic heterocycles. The van der Waals surface area contributed by atoms with Crippen LogP contribution in [0.4, 0.5) is 0 Å². The quantitative estimate of drug-likeness (QED) is 0.830. The first-order chi connectivity index (χ1) is 10.0. The van der Waals surface area contributed by atoms with Crippen molar-refractivity contribution in [3.63, 3.8) is 0 Å². The summed E-state index contributed by atoms with van der Waals surface area (Å²) in [6, 6.07) is 6.23. The van der Waals surface area contributed by atoms with Crippen LogP contribution in [-0.4, -0.2) is 31.6 Å². The van der Waals surface area contributed by atoms with Gasteiger partial charge in [-0.15, -0.1) is 10.2 Å². The summed E-state index contributed by atoms with van der Waals surface area (Å²) in [6.45, 7) is 6.95. The lowest BCUT2D eigenvalue weighted by Crippen LogP contribution is -2.05. The van der Waals surface area contributed by atoms with Crippen LogP contribution in [0, 0.1) is 13.8 Å². The Hall–Kier alpha value is -1.82. The van der Waals surface area contributed by atoms with Crippen LogP contribution in [-0.2, 0) is 11.3 Å². The maximum Gasteiger partial charge on any atom is 0.313 e. The number of hydrogen-bond acceptors (Lipinski definition) is 4. The second-order valence-corrected chi connectivity index (χ2v) is 5.90. The molecular formula is C15H19N3O2S. The Balaban J connectivity index is 2.43. The van der Waals surface area contributed by atoms with Crippen molar-refractivity contribution in [2.75, 3.05) is 5.75 Å². The summed E-state index contributed by atoms with van der Waals surface area (Å²) in [5, 5.41) is 17.9. The van der Waals surface area contributed by atoms with Crippen molar-refractivity contribution in [1.29, 1.82) is 0 Å². The lowest BCUT2D eigenvalue weighted by molar-refractivity contribution is -0.133. The van der Waals surface area contributed by atoms with Gasteiger partial charge in [0.2, 0.25) is 0 Å². The first-order valence-electron chi connectivity index (χ1n) is 6.88.